The lowest BCUT2D eigenvalue weighted by molar-refractivity contribution is -0.0503. The number of hydrogen-bond acceptors (Lipinski definition) is 3. The lowest BCUT2D eigenvalue weighted by Crippen LogP contribution is -2.60. The van der Waals surface area contributed by atoms with E-state index in [2.05, 4.69) is 32.6 Å². The molecule has 0 aliphatic carbocycles. The Labute approximate surface area is 113 Å². The molecule has 0 radical (unpaired) electrons. The molecular formula is C15H32N2O. The zero-order valence-electron chi connectivity index (χ0n) is 12.7. The first-order valence-electron chi connectivity index (χ1n) is 7.64. The Kier molecular flexibility index (Phi) is 6.61. The van der Waals surface area contributed by atoms with Gasteiger partial charge in [0.2, 0.25) is 0 Å². The minimum Gasteiger partial charge on any atom is -0.381 e. The van der Waals surface area contributed by atoms with Crippen molar-refractivity contribution in [2.75, 3.05) is 26.3 Å². The average Bonchev–Trinajstić information content (AvgIpc) is 2.39. The molecule has 1 aliphatic heterocycles. The molecule has 0 amide bonds. The highest BCUT2D eigenvalue weighted by atomic mass is 16.5. The van der Waals surface area contributed by atoms with Gasteiger partial charge >= 0.3 is 0 Å². The molecule has 0 aromatic carbocycles. The lowest BCUT2D eigenvalue weighted by Gasteiger charge is -2.50. The van der Waals surface area contributed by atoms with Crippen molar-refractivity contribution in [3.8, 4) is 0 Å². The summed E-state index contributed by atoms with van der Waals surface area (Å²) in [5.41, 5.74) is 6.34. The molecule has 3 nitrogen and oxygen atoms in total. The van der Waals surface area contributed by atoms with Crippen molar-refractivity contribution in [1.29, 1.82) is 0 Å². The standard InChI is InChI=1S/C15H32N2O/c1-5-14(6-2)17(11-13(3)4)15(12-16)7-9-18-10-8-15/h13-14H,5-12,16H2,1-4H3. The first kappa shape index (κ1) is 15.9. The molecule has 3 heteroatoms. The minimum atomic E-state index is 0.180. The van der Waals surface area contributed by atoms with Crippen LogP contribution in [0.25, 0.3) is 0 Å². The second-order valence-electron chi connectivity index (χ2n) is 6.06. The van der Waals surface area contributed by atoms with Crippen molar-refractivity contribution in [2.24, 2.45) is 11.7 Å². The Bertz CT molecular complexity index is 221. The highest BCUT2D eigenvalue weighted by molar-refractivity contribution is 4.96. The predicted octanol–water partition coefficient (Wildman–Crippen LogP) is 2.64. The largest absolute Gasteiger partial charge is 0.381 e. The Morgan fingerprint density at radius 1 is 1.17 bits per heavy atom. The van der Waals surface area contributed by atoms with Gasteiger partial charge in [-0.2, -0.15) is 0 Å². The number of ether oxygens (including phenoxy) is 1. The van der Waals surface area contributed by atoms with Gasteiger partial charge in [0.1, 0.15) is 0 Å². The van der Waals surface area contributed by atoms with Crippen LogP contribution in [0, 0.1) is 5.92 Å². The fourth-order valence-electron chi connectivity index (χ4n) is 3.21. The summed E-state index contributed by atoms with van der Waals surface area (Å²) in [6, 6.07) is 0.661. The van der Waals surface area contributed by atoms with Crippen LogP contribution in [-0.2, 0) is 4.74 Å². The normalized spacial score (nSPS) is 20.0. The van der Waals surface area contributed by atoms with Crippen LogP contribution in [-0.4, -0.2) is 42.8 Å². The first-order chi connectivity index (χ1) is 8.59. The number of nitrogens with two attached hydrogens (primary N) is 1. The van der Waals surface area contributed by atoms with Crippen molar-refractivity contribution in [1.82, 2.24) is 4.90 Å². The van der Waals surface area contributed by atoms with Crippen LogP contribution in [0.1, 0.15) is 53.4 Å². The summed E-state index contributed by atoms with van der Waals surface area (Å²) in [5, 5.41) is 0. The average molecular weight is 256 g/mol. The van der Waals surface area contributed by atoms with Gasteiger partial charge in [-0.1, -0.05) is 27.7 Å². The topological polar surface area (TPSA) is 38.5 Å². The van der Waals surface area contributed by atoms with Crippen LogP contribution in [0.3, 0.4) is 0 Å². The van der Waals surface area contributed by atoms with Gasteiger partial charge in [0.25, 0.3) is 0 Å². The van der Waals surface area contributed by atoms with E-state index >= 15 is 0 Å². The van der Waals surface area contributed by atoms with E-state index in [-0.39, 0.29) is 5.54 Å². The third-order valence-electron chi connectivity index (χ3n) is 4.36. The van der Waals surface area contributed by atoms with Crippen LogP contribution in [0.15, 0.2) is 0 Å². The van der Waals surface area contributed by atoms with Crippen LogP contribution < -0.4 is 5.73 Å². The highest BCUT2D eigenvalue weighted by Gasteiger charge is 2.39. The predicted molar refractivity (Wildman–Crippen MR) is 77.8 cm³/mol. The van der Waals surface area contributed by atoms with Crippen molar-refractivity contribution in [3.05, 3.63) is 0 Å². The molecule has 1 rings (SSSR count). The Hall–Kier alpha value is -0.120. The molecule has 1 fully saturated rings. The van der Waals surface area contributed by atoms with E-state index in [4.69, 9.17) is 10.5 Å². The van der Waals surface area contributed by atoms with Gasteiger partial charge in [-0.25, -0.2) is 0 Å². The Morgan fingerprint density at radius 2 is 1.72 bits per heavy atom. The van der Waals surface area contributed by atoms with E-state index in [0.717, 1.165) is 39.1 Å². The van der Waals surface area contributed by atoms with Crippen LogP contribution in [0.2, 0.25) is 0 Å². The zero-order chi connectivity index (χ0) is 13.6. The van der Waals surface area contributed by atoms with Crippen molar-refractivity contribution < 1.29 is 4.74 Å². The summed E-state index contributed by atoms with van der Waals surface area (Å²) < 4.78 is 5.55. The monoisotopic (exact) mass is 256 g/mol. The van der Waals surface area contributed by atoms with Gasteiger partial charge < -0.3 is 10.5 Å². The molecule has 1 aliphatic rings. The SMILES string of the molecule is CCC(CC)N(CC(C)C)C1(CN)CCOCC1. The number of hydrogen-bond donors (Lipinski definition) is 1. The summed E-state index contributed by atoms with van der Waals surface area (Å²) in [7, 11) is 0. The van der Waals surface area contributed by atoms with Crippen LogP contribution >= 0.6 is 0 Å². The van der Waals surface area contributed by atoms with E-state index in [1.807, 2.05) is 0 Å². The molecule has 0 atom stereocenters. The van der Waals surface area contributed by atoms with E-state index in [0.29, 0.717) is 12.0 Å². The molecule has 0 bridgehead atoms. The van der Waals surface area contributed by atoms with Crippen molar-refractivity contribution in [2.45, 2.75) is 65.0 Å². The van der Waals surface area contributed by atoms with Crippen LogP contribution in [0.4, 0.5) is 0 Å². The first-order valence-corrected chi connectivity index (χ1v) is 7.64. The third-order valence-corrected chi connectivity index (χ3v) is 4.36. The van der Waals surface area contributed by atoms with Gasteiger partial charge in [-0.05, 0) is 31.6 Å². The minimum absolute atomic E-state index is 0.180. The van der Waals surface area contributed by atoms with E-state index < -0.39 is 0 Å². The fraction of sp³-hybridized carbons (Fsp3) is 1.00. The number of rotatable bonds is 7. The molecule has 0 unspecified atom stereocenters. The maximum atomic E-state index is 6.16. The molecule has 1 heterocycles. The van der Waals surface area contributed by atoms with Crippen molar-refractivity contribution in [3.63, 3.8) is 0 Å². The summed E-state index contributed by atoms with van der Waals surface area (Å²) in [4.78, 5) is 2.71. The zero-order valence-corrected chi connectivity index (χ0v) is 12.7. The second kappa shape index (κ2) is 7.46. The molecule has 18 heavy (non-hydrogen) atoms. The summed E-state index contributed by atoms with van der Waals surface area (Å²) in [6.45, 7) is 12.9. The number of nitrogens with zero attached hydrogens (tertiary/aromatic N) is 1. The second-order valence-corrected chi connectivity index (χ2v) is 6.06. The van der Waals surface area contributed by atoms with Gasteiger partial charge in [-0.3, -0.25) is 4.90 Å². The molecule has 1 saturated heterocycles. The molecule has 0 saturated carbocycles. The maximum Gasteiger partial charge on any atom is 0.0484 e. The summed E-state index contributed by atoms with van der Waals surface area (Å²) in [5.74, 6) is 0.692. The van der Waals surface area contributed by atoms with Gasteiger partial charge in [0.05, 0.1) is 0 Å². The lowest BCUT2D eigenvalue weighted by atomic mass is 9.85. The van der Waals surface area contributed by atoms with Gasteiger partial charge in [-0.15, -0.1) is 0 Å². The quantitative estimate of drug-likeness (QED) is 0.761. The fourth-order valence-corrected chi connectivity index (χ4v) is 3.21. The van der Waals surface area contributed by atoms with E-state index in [1.165, 1.54) is 12.8 Å². The molecular weight excluding hydrogens is 224 g/mol. The Balaban J connectivity index is 2.89. The van der Waals surface area contributed by atoms with Gasteiger partial charge in [0, 0.05) is 37.9 Å². The maximum absolute atomic E-state index is 6.16. The van der Waals surface area contributed by atoms with E-state index in [9.17, 15) is 0 Å². The summed E-state index contributed by atoms with van der Waals surface area (Å²) >= 11 is 0. The smallest absolute Gasteiger partial charge is 0.0484 e. The van der Waals surface area contributed by atoms with E-state index in [1.54, 1.807) is 0 Å². The van der Waals surface area contributed by atoms with Gasteiger partial charge in [0.15, 0.2) is 0 Å². The molecule has 0 aromatic heterocycles. The van der Waals surface area contributed by atoms with Crippen molar-refractivity contribution >= 4 is 0 Å². The molecule has 0 aromatic rings. The molecule has 0 spiro atoms. The summed E-state index contributed by atoms with van der Waals surface area (Å²) in [6.07, 6.45) is 4.61. The molecule has 2 N–H and O–H groups in total. The third kappa shape index (κ3) is 3.69. The molecule has 108 valence electrons. The highest BCUT2D eigenvalue weighted by Crippen LogP contribution is 2.31. The van der Waals surface area contributed by atoms with Crippen LogP contribution in [0.5, 0.6) is 0 Å². The Morgan fingerprint density at radius 3 is 2.11 bits per heavy atom.